The number of carbonyl (C=O) groups is 2. The van der Waals surface area contributed by atoms with Crippen LogP contribution in [-0.2, 0) is 11.3 Å². The van der Waals surface area contributed by atoms with Gasteiger partial charge in [0, 0.05) is 35.3 Å². The molecule has 0 radical (unpaired) electrons. The number of amides is 2. The first-order valence-corrected chi connectivity index (χ1v) is 7.78. The molecule has 2 amide bonds. The molecule has 0 fully saturated rings. The summed E-state index contributed by atoms with van der Waals surface area (Å²) in [6.45, 7) is -0.0446. The maximum atomic E-state index is 12.0. The summed E-state index contributed by atoms with van der Waals surface area (Å²) in [7, 11) is 0. The highest BCUT2D eigenvalue weighted by atomic mass is 16.2. The minimum absolute atomic E-state index is 0.0446. The van der Waals surface area contributed by atoms with Crippen molar-refractivity contribution in [3.8, 4) is 11.3 Å². The molecule has 8 heteroatoms. The average molecular weight is 348 g/mol. The van der Waals surface area contributed by atoms with Crippen LogP contribution in [0.5, 0.6) is 0 Å². The van der Waals surface area contributed by atoms with Crippen LogP contribution in [0.2, 0.25) is 0 Å². The molecular weight excluding hydrogens is 332 g/mol. The summed E-state index contributed by atoms with van der Waals surface area (Å²) >= 11 is 0. The van der Waals surface area contributed by atoms with Crippen LogP contribution in [0.4, 0.5) is 0 Å². The standard InChI is InChI=1S/C18H16N6O2/c19-16(25)12-24-11-15(17(23-24)13-4-2-1-3-5-13)10-21-22-18(26)14-6-8-20-9-7-14/h1-11H,12H2,(H2,19,25)(H,22,26)/b21-10+. The Balaban J connectivity index is 1.82. The van der Waals surface area contributed by atoms with E-state index in [1.807, 2.05) is 30.3 Å². The lowest BCUT2D eigenvalue weighted by atomic mass is 10.1. The summed E-state index contributed by atoms with van der Waals surface area (Å²) < 4.78 is 1.44. The number of pyridine rings is 1. The number of hydrazone groups is 1. The summed E-state index contributed by atoms with van der Waals surface area (Å²) in [5.74, 6) is -0.851. The summed E-state index contributed by atoms with van der Waals surface area (Å²) in [6.07, 6.45) is 6.18. The lowest BCUT2D eigenvalue weighted by molar-refractivity contribution is -0.118. The van der Waals surface area contributed by atoms with Gasteiger partial charge < -0.3 is 5.73 Å². The molecular formula is C18H16N6O2. The maximum absolute atomic E-state index is 12.0. The van der Waals surface area contributed by atoms with E-state index in [9.17, 15) is 9.59 Å². The molecule has 26 heavy (non-hydrogen) atoms. The summed E-state index contributed by atoms with van der Waals surface area (Å²) in [5.41, 5.74) is 10.3. The van der Waals surface area contributed by atoms with Crippen LogP contribution >= 0.6 is 0 Å². The number of hydrogen-bond acceptors (Lipinski definition) is 5. The second-order valence-corrected chi connectivity index (χ2v) is 5.40. The van der Waals surface area contributed by atoms with Crippen molar-refractivity contribution in [3.63, 3.8) is 0 Å². The Bertz CT molecular complexity index is 935. The molecule has 0 aliphatic carbocycles. The van der Waals surface area contributed by atoms with Crippen molar-refractivity contribution in [2.45, 2.75) is 6.54 Å². The molecule has 3 aromatic rings. The summed E-state index contributed by atoms with van der Waals surface area (Å²) in [5, 5.41) is 8.36. The molecule has 0 atom stereocenters. The van der Waals surface area contributed by atoms with Crippen molar-refractivity contribution in [1.82, 2.24) is 20.2 Å². The normalized spacial score (nSPS) is 10.8. The highest BCUT2D eigenvalue weighted by molar-refractivity contribution is 5.95. The highest BCUT2D eigenvalue weighted by Crippen LogP contribution is 2.20. The number of hydrogen-bond donors (Lipinski definition) is 2. The van der Waals surface area contributed by atoms with E-state index in [0.29, 0.717) is 16.8 Å². The monoisotopic (exact) mass is 348 g/mol. The van der Waals surface area contributed by atoms with Crippen LogP contribution in [0.15, 0.2) is 66.2 Å². The van der Waals surface area contributed by atoms with Crippen LogP contribution in [-0.4, -0.2) is 32.8 Å². The Kier molecular flexibility index (Phi) is 5.14. The number of nitrogens with two attached hydrogens (primary N) is 1. The lowest BCUT2D eigenvalue weighted by Gasteiger charge is -1.99. The van der Waals surface area contributed by atoms with Crippen LogP contribution in [0, 0.1) is 0 Å². The van der Waals surface area contributed by atoms with Crippen LogP contribution in [0.1, 0.15) is 15.9 Å². The van der Waals surface area contributed by atoms with Crippen molar-refractivity contribution < 1.29 is 9.59 Å². The molecule has 0 spiro atoms. The molecule has 3 N–H and O–H groups in total. The van der Waals surface area contributed by atoms with E-state index < -0.39 is 5.91 Å². The van der Waals surface area contributed by atoms with Gasteiger partial charge in [0.25, 0.3) is 5.91 Å². The zero-order chi connectivity index (χ0) is 18.4. The zero-order valence-electron chi connectivity index (χ0n) is 13.7. The average Bonchev–Trinajstić information content (AvgIpc) is 3.05. The number of aromatic nitrogens is 3. The van der Waals surface area contributed by atoms with Gasteiger partial charge in [0.2, 0.25) is 5.91 Å². The summed E-state index contributed by atoms with van der Waals surface area (Å²) in [6, 6.07) is 12.6. The Morgan fingerprint density at radius 1 is 1.15 bits per heavy atom. The zero-order valence-corrected chi connectivity index (χ0v) is 13.7. The third kappa shape index (κ3) is 4.18. The quantitative estimate of drug-likeness (QED) is 0.514. The number of nitrogens with zero attached hydrogens (tertiary/aromatic N) is 4. The van der Waals surface area contributed by atoms with Gasteiger partial charge >= 0.3 is 0 Å². The first kappa shape index (κ1) is 17.0. The third-order valence-corrected chi connectivity index (χ3v) is 3.47. The Hall–Kier alpha value is -3.81. The van der Waals surface area contributed by atoms with Crippen LogP contribution in [0.25, 0.3) is 11.3 Å². The third-order valence-electron chi connectivity index (χ3n) is 3.47. The van der Waals surface area contributed by atoms with Gasteiger partial charge in [-0.1, -0.05) is 30.3 Å². The Morgan fingerprint density at radius 3 is 2.58 bits per heavy atom. The number of carbonyl (C=O) groups excluding carboxylic acids is 2. The molecule has 0 aliphatic rings. The summed E-state index contributed by atoms with van der Waals surface area (Å²) in [4.78, 5) is 27.0. The molecule has 2 aromatic heterocycles. The van der Waals surface area contributed by atoms with Crippen LogP contribution in [0.3, 0.4) is 0 Å². The van der Waals surface area contributed by atoms with E-state index in [2.05, 4.69) is 20.6 Å². The predicted octanol–water partition coefficient (Wildman–Crippen LogP) is 1.19. The molecule has 0 saturated heterocycles. The topological polar surface area (TPSA) is 115 Å². The van der Waals surface area contributed by atoms with Gasteiger partial charge in [-0.15, -0.1) is 0 Å². The van der Waals surface area contributed by atoms with E-state index in [1.54, 1.807) is 18.3 Å². The molecule has 0 unspecified atom stereocenters. The van der Waals surface area contributed by atoms with Crippen molar-refractivity contribution in [1.29, 1.82) is 0 Å². The second-order valence-electron chi connectivity index (χ2n) is 5.40. The fourth-order valence-corrected chi connectivity index (χ4v) is 2.32. The minimum Gasteiger partial charge on any atom is -0.368 e. The van der Waals surface area contributed by atoms with Gasteiger partial charge in [0.15, 0.2) is 0 Å². The molecule has 0 saturated carbocycles. The maximum Gasteiger partial charge on any atom is 0.271 e. The van der Waals surface area contributed by atoms with E-state index in [-0.39, 0.29) is 12.5 Å². The van der Waals surface area contributed by atoms with E-state index >= 15 is 0 Å². The Morgan fingerprint density at radius 2 is 1.88 bits per heavy atom. The number of benzene rings is 1. The van der Waals surface area contributed by atoms with Gasteiger partial charge in [-0.2, -0.15) is 10.2 Å². The van der Waals surface area contributed by atoms with E-state index in [0.717, 1.165) is 5.56 Å². The van der Waals surface area contributed by atoms with Gasteiger partial charge in [-0.3, -0.25) is 19.3 Å². The fraction of sp³-hybridized carbons (Fsp3) is 0.0556. The highest BCUT2D eigenvalue weighted by Gasteiger charge is 2.11. The van der Waals surface area contributed by atoms with Gasteiger partial charge in [0.1, 0.15) is 12.2 Å². The first-order chi connectivity index (χ1) is 12.6. The number of primary amides is 1. The molecule has 8 nitrogen and oxygen atoms in total. The number of nitrogens with one attached hydrogen (secondary N) is 1. The molecule has 3 rings (SSSR count). The molecule has 0 bridgehead atoms. The molecule has 2 heterocycles. The van der Waals surface area contributed by atoms with Crippen molar-refractivity contribution >= 4 is 18.0 Å². The van der Waals surface area contributed by atoms with Gasteiger partial charge in [-0.25, -0.2) is 5.43 Å². The number of rotatable bonds is 6. The Labute approximate surface area is 149 Å². The van der Waals surface area contributed by atoms with Gasteiger partial charge in [-0.05, 0) is 12.1 Å². The SMILES string of the molecule is NC(=O)Cn1cc(/C=N/NC(=O)c2ccncc2)c(-c2ccccc2)n1. The molecule has 130 valence electrons. The minimum atomic E-state index is -0.499. The van der Waals surface area contributed by atoms with E-state index in [1.165, 1.54) is 23.3 Å². The first-order valence-electron chi connectivity index (χ1n) is 7.78. The largest absolute Gasteiger partial charge is 0.368 e. The van der Waals surface area contributed by atoms with Crippen molar-refractivity contribution in [3.05, 3.63) is 72.2 Å². The van der Waals surface area contributed by atoms with Crippen molar-refractivity contribution in [2.24, 2.45) is 10.8 Å². The second kappa shape index (κ2) is 7.84. The van der Waals surface area contributed by atoms with Crippen molar-refractivity contribution in [2.75, 3.05) is 0 Å². The van der Waals surface area contributed by atoms with Gasteiger partial charge in [0.05, 0.1) is 6.21 Å². The smallest absolute Gasteiger partial charge is 0.271 e. The van der Waals surface area contributed by atoms with E-state index in [4.69, 9.17) is 5.73 Å². The molecule has 0 aliphatic heterocycles. The lowest BCUT2D eigenvalue weighted by Crippen LogP contribution is -2.18. The molecule has 1 aromatic carbocycles. The fourth-order valence-electron chi connectivity index (χ4n) is 2.32. The predicted molar refractivity (Wildman–Crippen MR) is 96.2 cm³/mol. The van der Waals surface area contributed by atoms with Crippen LogP contribution < -0.4 is 11.2 Å².